The van der Waals surface area contributed by atoms with Crippen LogP contribution in [0.5, 0.6) is 0 Å². The molecule has 1 aromatic carbocycles. The Balaban J connectivity index is 1.65. The van der Waals surface area contributed by atoms with Crippen molar-refractivity contribution in [3.63, 3.8) is 0 Å². The Labute approximate surface area is 140 Å². The molecular formula is C18H20ClNOS. The number of thiophene rings is 1. The molecule has 116 valence electrons. The van der Waals surface area contributed by atoms with Gasteiger partial charge in [-0.15, -0.1) is 0 Å². The summed E-state index contributed by atoms with van der Waals surface area (Å²) in [7, 11) is 0. The van der Waals surface area contributed by atoms with Gasteiger partial charge in [-0.05, 0) is 71.0 Å². The second-order valence-electron chi connectivity index (χ2n) is 6.52. The summed E-state index contributed by atoms with van der Waals surface area (Å²) < 4.78 is 6.35. The van der Waals surface area contributed by atoms with E-state index in [0.29, 0.717) is 0 Å². The summed E-state index contributed by atoms with van der Waals surface area (Å²) in [5.74, 6) is 0. The average Bonchev–Trinajstić information content (AvgIpc) is 3.03. The number of aryl methyl sites for hydroxylation is 1. The van der Waals surface area contributed by atoms with Crippen LogP contribution >= 0.6 is 22.9 Å². The van der Waals surface area contributed by atoms with Gasteiger partial charge >= 0.3 is 0 Å². The van der Waals surface area contributed by atoms with E-state index in [-0.39, 0.29) is 11.7 Å². The molecule has 2 nitrogen and oxygen atoms in total. The Morgan fingerprint density at radius 1 is 1.41 bits per heavy atom. The second-order valence-corrected chi connectivity index (χ2v) is 7.74. The third-order valence-electron chi connectivity index (χ3n) is 4.75. The number of rotatable bonds is 3. The van der Waals surface area contributed by atoms with Crippen molar-refractivity contribution in [1.82, 2.24) is 5.32 Å². The standard InChI is InChI=1S/C18H20ClNOS/c1-12-6-14(19)7-17(13-2-5-22-10-13)16(12)8-15-9-20-11-18(21-15)3-4-18/h2,5-7,10,15,20H,3-4,8-9,11H2,1H3. The predicted molar refractivity (Wildman–Crippen MR) is 92.9 cm³/mol. The summed E-state index contributed by atoms with van der Waals surface area (Å²) in [5.41, 5.74) is 5.28. The topological polar surface area (TPSA) is 21.3 Å². The zero-order chi connectivity index (χ0) is 15.2. The van der Waals surface area contributed by atoms with Gasteiger partial charge in [-0.3, -0.25) is 0 Å². The first kappa shape index (κ1) is 14.7. The second kappa shape index (κ2) is 5.64. The van der Waals surface area contributed by atoms with Crippen LogP contribution in [-0.4, -0.2) is 24.8 Å². The summed E-state index contributed by atoms with van der Waals surface area (Å²) in [6.07, 6.45) is 3.61. The zero-order valence-electron chi connectivity index (χ0n) is 12.7. The minimum absolute atomic E-state index is 0.145. The first-order valence-electron chi connectivity index (χ1n) is 7.85. The van der Waals surface area contributed by atoms with Gasteiger partial charge in [-0.25, -0.2) is 0 Å². The summed E-state index contributed by atoms with van der Waals surface area (Å²) in [5, 5.41) is 8.66. The van der Waals surface area contributed by atoms with E-state index in [2.05, 4.69) is 41.2 Å². The van der Waals surface area contributed by atoms with Crippen LogP contribution < -0.4 is 5.32 Å². The van der Waals surface area contributed by atoms with E-state index in [1.54, 1.807) is 11.3 Å². The predicted octanol–water partition coefficient (Wildman–Crippen LogP) is 4.44. The maximum atomic E-state index is 6.35. The highest BCUT2D eigenvalue weighted by molar-refractivity contribution is 7.08. The minimum atomic E-state index is 0.145. The van der Waals surface area contributed by atoms with E-state index in [1.807, 2.05) is 0 Å². The van der Waals surface area contributed by atoms with Crippen LogP contribution in [0.25, 0.3) is 11.1 Å². The molecule has 2 aromatic rings. The molecule has 22 heavy (non-hydrogen) atoms. The van der Waals surface area contributed by atoms with Crippen molar-refractivity contribution in [1.29, 1.82) is 0 Å². The number of nitrogens with one attached hydrogen (secondary N) is 1. The van der Waals surface area contributed by atoms with E-state index >= 15 is 0 Å². The van der Waals surface area contributed by atoms with Crippen LogP contribution in [0.4, 0.5) is 0 Å². The molecule has 1 saturated carbocycles. The fourth-order valence-corrected chi connectivity index (χ4v) is 4.32. The van der Waals surface area contributed by atoms with Gasteiger partial charge in [0.25, 0.3) is 0 Å². The van der Waals surface area contributed by atoms with E-state index < -0.39 is 0 Å². The fraction of sp³-hybridized carbons (Fsp3) is 0.444. The third kappa shape index (κ3) is 2.83. The Morgan fingerprint density at radius 2 is 2.27 bits per heavy atom. The van der Waals surface area contributed by atoms with Crippen LogP contribution in [0.3, 0.4) is 0 Å². The SMILES string of the molecule is Cc1cc(Cl)cc(-c2ccsc2)c1CC1CNCC2(CC2)O1. The molecule has 1 spiro atoms. The summed E-state index contributed by atoms with van der Waals surface area (Å²) in [6, 6.07) is 6.33. The van der Waals surface area contributed by atoms with Crippen molar-refractivity contribution < 1.29 is 4.74 Å². The molecule has 1 aliphatic carbocycles. The molecule has 1 atom stereocenters. The Bertz CT molecular complexity index is 679. The largest absolute Gasteiger partial charge is 0.369 e. The maximum absolute atomic E-state index is 6.35. The monoisotopic (exact) mass is 333 g/mol. The fourth-order valence-electron chi connectivity index (χ4n) is 3.39. The summed E-state index contributed by atoms with van der Waals surface area (Å²) in [4.78, 5) is 0. The lowest BCUT2D eigenvalue weighted by atomic mass is 9.93. The number of hydrogen-bond donors (Lipinski definition) is 1. The average molecular weight is 334 g/mol. The third-order valence-corrected chi connectivity index (χ3v) is 5.65. The molecule has 1 saturated heterocycles. The Morgan fingerprint density at radius 3 is 3.00 bits per heavy atom. The van der Waals surface area contributed by atoms with Crippen molar-refractivity contribution in [3.05, 3.63) is 45.1 Å². The van der Waals surface area contributed by atoms with Crippen LogP contribution in [0.2, 0.25) is 5.02 Å². The molecule has 4 rings (SSSR count). The molecule has 0 bridgehead atoms. The molecule has 2 fully saturated rings. The van der Waals surface area contributed by atoms with Crippen molar-refractivity contribution in [2.24, 2.45) is 0 Å². The molecule has 1 aliphatic heterocycles. The summed E-state index contributed by atoms with van der Waals surface area (Å²) >= 11 is 8.02. The van der Waals surface area contributed by atoms with E-state index in [4.69, 9.17) is 16.3 Å². The highest BCUT2D eigenvalue weighted by Crippen LogP contribution is 2.42. The molecule has 2 heterocycles. The molecule has 1 unspecified atom stereocenters. The first-order chi connectivity index (χ1) is 10.7. The molecule has 2 aliphatic rings. The smallest absolute Gasteiger partial charge is 0.0813 e. The number of morpholine rings is 1. The van der Waals surface area contributed by atoms with E-state index in [1.165, 1.54) is 35.1 Å². The number of ether oxygens (including phenoxy) is 1. The Kier molecular flexibility index (Phi) is 3.77. The first-order valence-corrected chi connectivity index (χ1v) is 9.17. The lowest BCUT2D eigenvalue weighted by molar-refractivity contribution is -0.0536. The molecule has 0 radical (unpaired) electrons. The zero-order valence-corrected chi connectivity index (χ0v) is 14.3. The van der Waals surface area contributed by atoms with Gasteiger partial charge in [0.05, 0.1) is 11.7 Å². The minimum Gasteiger partial charge on any atom is -0.369 e. The van der Waals surface area contributed by atoms with Gasteiger partial charge in [-0.1, -0.05) is 11.6 Å². The van der Waals surface area contributed by atoms with Gasteiger partial charge in [0.15, 0.2) is 0 Å². The van der Waals surface area contributed by atoms with Gasteiger partial charge in [0, 0.05) is 24.5 Å². The van der Waals surface area contributed by atoms with Gasteiger partial charge in [-0.2, -0.15) is 11.3 Å². The van der Waals surface area contributed by atoms with Crippen LogP contribution in [0, 0.1) is 6.92 Å². The molecule has 0 amide bonds. The maximum Gasteiger partial charge on any atom is 0.0813 e. The lowest BCUT2D eigenvalue weighted by Crippen LogP contribution is -2.47. The van der Waals surface area contributed by atoms with Crippen LogP contribution in [0.15, 0.2) is 29.0 Å². The van der Waals surface area contributed by atoms with Gasteiger partial charge in [0.2, 0.25) is 0 Å². The van der Waals surface area contributed by atoms with Crippen LogP contribution in [-0.2, 0) is 11.2 Å². The molecule has 4 heteroatoms. The lowest BCUT2D eigenvalue weighted by Gasteiger charge is -2.32. The van der Waals surface area contributed by atoms with Crippen molar-refractivity contribution >= 4 is 22.9 Å². The number of benzene rings is 1. The van der Waals surface area contributed by atoms with Crippen molar-refractivity contribution in [3.8, 4) is 11.1 Å². The highest BCUT2D eigenvalue weighted by Gasteiger charge is 2.47. The number of halogens is 1. The molecular weight excluding hydrogens is 314 g/mol. The van der Waals surface area contributed by atoms with Crippen molar-refractivity contribution in [2.45, 2.75) is 37.9 Å². The Hall–Kier alpha value is -0.870. The normalized spacial score (nSPS) is 22.9. The quantitative estimate of drug-likeness (QED) is 0.896. The van der Waals surface area contributed by atoms with E-state index in [0.717, 1.165) is 24.5 Å². The highest BCUT2D eigenvalue weighted by atomic mass is 35.5. The van der Waals surface area contributed by atoms with E-state index in [9.17, 15) is 0 Å². The van der Waals surface area contributed by atoms with Gasteiger partial charge in [0.1, 0.15) is 0 Å². The molecule has 1 aromatic heterocycles. The van der Waals surface area contributed by atoms with Crippen molar-refractivity contribution in [2.75, 3.05) is 13.1 Å². The van der Waals surface area contributed by atoms with Gasteiger partial charge < -0.3 is 10.1 Å². The summed E-state index contributed by atoms with van der Waals surface area (Å²) in [6.45, 7) is 4.10. The van der Waals surface area contributed by atoms with Crippen LogP contribution in [0.1, 0.15) is 24.0 Å². The molecule has 1 N–H and O–H groups in total. The number of hydrogen-bond acceptors (Lipinski definition) is 3.